The molecular formula is C5H6F2O3. The maximum Gasteiger partial charge on any atom is 0.348 e. The van der Waals surface area contributed by atoms with Gasteiger partial charge in [0.25, 0.3) is 6.17 Å². The van der Waals surface area contributed by atoms with Gasteiger partial charge in [0, 0.05) is 0 Å². The van der Waals surface area contributed by atoms with Crippen LogP contribution in [0.4, 0.5) is 8.78 Å². The number of methoxy groups -OCH3 is 1. The topological polar surface area (TPSA) is 43.4 Å². The van der Waals surface area contributed by atoms with Gasteiger partial charge < -0.3 is 4.74 Å². The van der Waals surface area contributed by atoms with Crippen molar-refractivity contribution in [2.45, 2.75) is 6.17 Å². The van der Waals surface area contributed by atoms with Crippen LogP contribution in [-0.4, -0.2) is 31.7 Å². The van der Waals surface area contributed by atoms with Gasteiger partial charge in [0.05, 0.1) is 7.11 Å². The molecule has 0 aromatic rings. The zero-order valence-corrected chi connectivity index (χ0v) is 5.27. The second-order valence-corrected chi connectivity index (χ2v) is 1.49. The molecule has 0 aromatic heterocycles. The van der Waals surface area contributed by atoms with Gasteiger partial charge >= 0.3 is 5.97 Å². The lowest BCUT2D eigenvalue weighted by atomic mass is 10.3. The van der Waals surface area contributed by atoms with Gasteiger partial charge in [0.15, 0.2) is 6.67 Å². The van der Waals surface area contributed by atoms with Crippen molar-refractivity contribution in [3.63, 3.8) is 0 Å². The van der Waals surface area contributed by atoms with Crippen LogP contribution in [0.5, 0.6) is 0 Å². The average Bonchev–Trinajstić information content (AvgIpc) is 2.00. The molecule has 0 spiro atoms. The van der Waals surface area contributed by atoms with E-state index in [1.54, 1.807) is 0 Å². The molecule has 0 amide bonds. The number of hydrogen-bond acceptors (Lipinski definition) is 3. The van der Waals surface area contributed by atoms with E-state index in [0.717, 1.165) is 7.11 Å². The quantitative estimate of drug-likeness (QED) is 0.423. The van der Waals surface area contributed by atoms with E-state index in [9.17, 15) is 18.4 Å². The normalized spacial score (nSPS) is 12.3. The molecule has 0 heterocycles. The van der Waals surface area contributed by atoms with Crippen molar-refractivity contribution >= 4 is 11.8 Å². The Balaban J connectivity index is 3.94. The third-order valence-corrected chi connectivity index (χ3v) is 0.823. The molecule has 0 bridgehead atoms. The number of carbonyl (C=O) groups excluding carboxylic acids is 2. The highest BCUT2D eigenvalue weighted by molar-refractivity contribution is 6.02. The van der Waals surface area contributed by atoms with Gasteiger partial charge in [0.2, 0.25) is 5.78 Å². The second-order valence-electron chi connectivity index (χ2n) is 1.49. The molecule has 0 aliphatic rings. The minimum atomic E-state index is -2.48. The number of alkyl halides is 2. The van der Waals surface area contributed by atoms with Crippen LogP contribution in [0.25, 0.3) is 0 Å². The van der Waals surface area contributed by atoms with Crippen LogP contribution in [0.1, 0.15) is 0 Å². The first-order valence-corrected chi connectivity index (χ1v) is 2.44. The first-order chi connectivity index (χ1) is 4.63. The van der Waals surface area contributed by atoms with Crippen molar-refractivity contribution in [2.24, 2.45) is 0 Å². The molecule has 3 nitrogen and oxygen atoms in total. The van der Waals surface area contributed by atoms with Crippen LogP contribution in [0.3, 0.4) is 0 Å². The summed E-state index contributed by atoms with van der Waals surface area (Å²) in [5, 5.41) is 0. The first kappa shape index (κ1) is 9.00. The number of hydrogen-bond donors (Lipinski definition) is 0. The molecule has 0 aliphatic heterocycles. The van der Waals surface area contributed by atoms with E-state index in [4.69, 9.17) is 0 Å². The lowest BCUT2D eigenvalue weighted by molar-refractivity contribution is -0.150. The third kappa shape index (κ3) is 2.08. The summed E-state index contributed by atoms with van der Waals surface area (Å²) in [5.41, 5.74) is 0. The Morgan fingerprint density at radius 3 is 2.40 bits per heavy atom. The molecular weight excluding hydrogens is 146 g/mol. The molecule has 0 aliphatic carbocycles. The SMILES string of the molecule is COC(=O)[C@@H](F)C(=O)CF. The van der Waals surface area contributed by atoms with Crippen molar-refractivity contribution < 1.29 is 23.1 Å². The second kappa shape index (κ2) is 3.92. The molecule has 0 aromatic carbocycles. The number of ketones is 1. The largest absolute Gasteiger partial charge is 0.467 e. The predicted molar refractivity (Wildman–Crippen MR) is 27.9 cm³/mol. The molecule has 10 heavy (non-hydrogen) atoms. The van der Waals surface area contributed by atoms with E-state index < -0.39 is 24.6 Å². The predicted octanol–water partition coefficient (Wildman–Crippen LogP) is 0.0361. The standard InChI is InChI=1S/C5H6F2O3/c1-10-5(9)4(7)3(8)2-6/h4H,2H2,1H3/t4-/m0/s1. The van der Waals surface area contributed by atoms with Crippen LogP contribution in [-0.2, 0) is 14.3 Å². The molecule has 1 atom stereocenters. The molecule has 0 N–H and O–H groups in total. The fourth-order valence-electron chi connectivity index (χ4n) is 0.303. The van der Waals surface area contributed by atoms with Crippen LogP contribution in [0, 0.1) is 0 Å². The Hall–Kier alpha value is -1.00. The van der Waals surface area contributed by atoms with Gasteiger partial charge in [-0.15, -0.1) is 0 Å². The Morgan fingerprint density at radius 1 is 1.60 bits per heavy atom. The number of rotatable bonds is 3. The van der Waals surface area contributed by atoms with E-state index in [1.807, 2.05) is 0 Å². The third-order valence-electron chi connectivity index (χ3n) is 0.823. The highest BCUT2D eigenvalue weighted by atomic mass is 19.1. The summed E-state index contributed by atoms with van der Waals surface area (Å²) in [6, 6.07) is 0. The fourth-order valence-corrected chi connectivity index (χ4v) is 0.303. The molecule has 0 saturated carbocycles. The minimum absolute atomic E-state index is 0.917. The Labute approximate surface area is 56.0 Å². The van der Waals surface area contributed by atoms with Crippen LogP contribution in [0.15, 0.2) is 0 Å². The fraction of sp³-hybridized carbons (Fsp3) is 0.600. The average molecular weight is 152 g/mol. The van der Waals surface area contributed by atoms with Crippen molar-refractivity contribution in [2.75, 3.05) is 13.8 Å². The minimum Gasteiger partial charge on any atom is -0.467 e. The van der Waals surface area contributed by atoms with Crippen molar-refractivity contribution in [1.29, 1.82) is 0 Å². The number of carbonyl (C=O) groups is 2. The maximum atomic E-state index is 12.1. The van der Waals surface area contributed by atoms with Crippen molar-refractivity contribution in [3.8, 4) is 0 Å². The zero-order valence-electron chi connectivity index (χ0n) is 5.27. The molecule has 0 fully saturated rings. The van der Waals surface area contributed by atoms with E-state index in [2.05, 4.69) is 4.74 Å². The number of esters is 1. The van der Waals surface area contributed by atoms with Gasteiger partial charge in [-0.3, -0.25) is 4.79 Å². The number of Topliss-reactive ketones (excluding diaryl/α,β-unsaturated/α-hetero) is 1. The van der Waals surface area contributed by atoms with Crippen molar-refractivity contribution in [3.05, 3.63) is 0 Å². The Kier molecular flexibility index (Phi) is 3.53. The summed E-state index contributed by atoms with van der Waals surface area (Å²) in [6.45, 7) is -1.49. The van der Waals surface area contributed by atoms with Crippen LogP contribution in [0.2, 0.25) is 0 Å². The molecule has 58 valence electrons. The monoisotopic (exact) mass is 152 g/mol. The summed E-state index contributed by atoms with van der Waals surface area (Å²) in [6.07, 6.45) is -2.48. The summed E-state index contributed by atoms with van der Waals surface area (Å²) >= 11 is 0. The summed E-state index contributed by atoms with van der Waals surface area (Å²) in [4.78, 5) is 20.2. The summed E-state index contributed by atoms with van der Waals surface area (Å²) in [5.74, 6) is -2.77. The highest BCUT2D eigenvalue weighted by Gasteiger charge is 2.25. The highest BCUT2D eigenvalue weighted by Crippen LogP contribution is 1.95. The summed E-state index contributed by atoms with van der Waals surface area (Å²) < 4.78 is 27.3. The zero-order chi connectivity index (χ0) is 8.15. The van der Waals surface area contributed by atoms with E-state index in [0.29, 0.717) is 0 Å². The van der Waals surface area contributed by atoms with Crippen LogP contribution >= 0.6 is 0 Å². The number of halogens is 2. The van der Waals surface area contributed by atoms with E-state index in [-0.39, 0.29) is 0 Å². The number of ether oxygens (including phenoxy) is 1. The van der Waals surface area contributed by atoms with Gasteiger partial charge in [-0.05, 0) is 0 Å². The van der Waals surface area contributed by atoms with Gasteiger partial charge in [-0.25, -0.2) is 13.6 Å². The van der Waals surface area contributed by atoms with Crippen LogP contribution < -0.4 is 0 Å². The molecule has 0 rings (SSSR count). The van der Waals surface area contributed by atoms with E-state index in [1.165, 1.54) is 0 Å². The Morgan fingerprint density at radius 2 is 2.10 bits per heavy atom. The lowest BCUT2D eigenvalue weighted by Crippen LogP contribution is -2.27. The smallest absolute Gasteiger partial charge is 0.348 e. The lowest BCUT2D eigenvalue weighted by Gasteiger charge is -2.00. The van der Waals surface area contributed by atoms with E-state index >= 15 is 0 Å². The molecule has 0 radical (unpaired) electrons. The van der Waals surface area contributed by atoms with Gasteiger partial charge in [-0.1, -0.05) is 0 Å². The van der Waals surface area contributed by atoms with Gasteiger partial charge in [0.1, 0.15) is 0 Å². The van der Waals surface area contributed by atoms with Crippen molar-refractivity contribution in [1.82, 2.24) is 0 Å². The maximum absolute atomic E-state index is 12.1. The molecule has 0 saturated heterocycles. The molecule has 0 unspecified atom stereocenters. The van der Waals surface area contributed by atoms with Gasteiger partial charge in [-0.2, -0.15) is 0 Å². The Bertz CT molecular complexity index is 130. The first-order valence-electron chi connectivity index (χ1n) is 2.44. The summed E-state index contributed by atoms with van der Waals surface area (Å²) in [7, 11) is 0.917. The molecule has 5 heteroatoms.